The number of rotatable bonds is 12. The molecule has 0 aliphatic heterocycles. The van der Waals surface area contributed by atoms with Crippen molar-refractivity contribution >= 4 is 11.9 Å². The molecular weight excluding hydrogens is 300 g/mol. The first-order valence-corrected chi connectivity index (χ1v) is 9.06. The summed E-state index contributed by atoms with van der Waals surface area (Å²) in [5.74, 6) is 0.439. The van der Waals surface area contributed by atoms with E-state index >= 15 is 0 Å². The number of nitrogens with zero attached hydrogens (tertiary/aromatic N) is 1. The zero-order chi connectivity index (χ0) is 17.5. The molecule has 0 atom stereocenters. The van der Waals surface area contributed by atoms with E-state index in [1.807, 2.05) is 30.3 Å². The lowest BCUT2D eigenvalue weighted by Gasteiger charge is -2.07. The Bertz CT molecular complexity index is 474. The number of benzene rings is 1. The van der Waals surface area contributed by atoms with Crippen LogP contribution in [0.3, 0.4) is 0 Å². The SMILES string of the molecule is CCCCCCCCN=C(N)NCCC(=O)NCc1ccccc1. The summed E-state index contributed by atoms with van der Waals surface area (Å²) in [5, 5.41) is 5.88. The highest BCUT2D eigenvalue weighted by Crippen LogP contribution is 2.04. The highest BCUT2D eigenvalue weighted by molar-refractivity contribution is 5.79. The van der Waals surface area contributed by atoms with Gasteiger partial charge in [0.05, 0.1) is 0 Å². The number of nitrogens with two attached hydrogens (primary N) is 1. The average Bonchev–Trinajstić information content (AvgIpc) is 2.60. The summed E-state index contributed by atoms with van der Waals surface area (Å²) in [5.41, 5.74) is 6.89. The molecule has 0 bridgehead atoms. The van der Waals surface area contributed by atoms with E-state index in [0.717, 1.165) is 18.5 Å². The summed E-state index contributed by atoms with van der Waals surface area (Å²) < 4.78 is 0. The van der Waals surface area contributed by atoms with Crippen LogP contribution in [0.4, 0.5) is 0 Å². The number of nitrogens with one attached hydrogen (secondary N) is 2. The molecule has 1 amide bonds. The van der Waals surface area contributed by atoms with E-state index in [-0.39, 0.29) is 5.91 Å². The van der Waals surface area contributed by atoms with Crippen LogP contribution >= 0.6 is 0 Å². The van der Waals surface area contributed by atoms with Crippen LogP contribution in [0.25, 0.3) is 0 Å². The Labute approximate surface area is 146 Å². The minimum atomic E-state index is 0.00933. The van der Waals surface area contributed by atoms with Gasteiger partial charge in [0, 0.05) is 26.1 Å². The number of aliphatic imine (C=N–C) groups is 1. The summed E-state index contributed by atoms with van der Waals surface area (Å²) in [6, 6.07) is 9.87. The second-order valence-corrected chi connectivity index (χ2v) is 5.97. The monoisotopic (exact) mass is 332 g/mol. The first-order chi connectivity index (χ1) is 11.7. The molecule has 0 heterocycles. The molecule has 5 nitrogen and oxygen atoms in total. The molecule has 0 aromatic heterocycles. The van der Waals surface area contributed by atoms with Crippen LogP contribution in [0.15, 0.2) is 35.3 Å². The van der Waals surface area contributed by atoms with Crippen molar-refractivity contribution in [2.24, 2.45) is 10.7 Å². The summed E-state index contributed by atoms with van der Waals surface area (Å²) in [4.78, 5) is 16.0. The Morgan fingerprint density at radius 3 is 2.50 bits per heavy atom. The third-order valence-electron chi connectivity index (χ3n) is 3.78. The van der Waals surface area contributed by atoms with Crippen molar-refractivity contribution in [3.05, 3.63) is 35.9 Å². The highest BCUT2D eigenvalue weighted by atomic mass is 16.1. The molecule has 0 radical (unpaired) electrons. The van der Waals surface area contributed by atoms with Crippen molar-refractivity contribution in [2.45, 2.75) is 58.4 Å². The average molecular weight is 332 g/mol. The first-order valence-electron chi connectivity index (χ1n) is 9.06. The van der Waals surface area contributed by atoms with E-state index in [1.165, 1.54) is 32.1 Å². The Morgan fingerprint density at radius 2 is 1.75 bits per heavy atom. The predicted octanol–water partition coefficient (Wildman–Crippen LogP) is 2.96. The first kappa shape index (κ1) is 20.0. The molecule has 1 aromatic carbocycles. The smallest absolute Gasteiger partial charge is 0.222 e. The Morgan fingerprint density at radius 1 is 1.04 bits per heavy atom. The van der Waals surface area contributed by atoms with Gasteiger partial charge in [0.2, 0.25) is 5.91 Å². The molecule has 1 rings (SSSR count). The number of carbonyl (C=O) groups excluding carboxylic acids is 1. The van der Waals surface area contributed by atoms with Gasteiger partial charge < -0.3 is 16.4 Å². The Balaban J connectivity index is 2.02. The molecular formula is C19H32N4O. The Hall–Kier alpha value is -2.04. The molecule has 0 saturated carbocycles. The number of hydrogen-bond donors (Lipinski definition) is 3. The third-order valence-corrected chi connectivity index (χ3v) is 3.78. The molecule has 0 unspecified atom stereocenters. The lowest BCUT2D eigenvalue weighted by Crippen LogP contribution is -2.35. The zero-order valence-electron chi connectivity index (χ0n) is 14.9. The van der Waals surface area contributed by atoms with Crippen molar-refractivity contribution < 1.29 is 4.79 Å². The molecule has 4 N–H and O–H groups in total. The van der Waals surface area contributed by atoms with E-state index in [2.05, 4.69) is 22.5 Å². The molecule has 0 aliphatic rings. The van der Waals surface area contributed by atoms with Gasteiger partial charge in [0.25, 0.3) is 0 Å². The van der Waals surface area contributed by atoms with Crippen LogP contribution in [-0.2, 0) is 11.3 Å². The van der Waals surface area contributed by atoms with Crippen LogP contribution < -0.4 is 16.4 Å². The fourth-order valence-electron chi connectivity index (χ4n) is 2.34. The van der Waals surface area contributed by atoms with Crippen molar-refractivity contribution in [1.82, 2.24) is 10.6 Å². The van der Waals surface area contributed by atoms with Crippen LogP contribution in [0.5, 0.6) is 0 Å². The van der Waals surface area contributed by atoms with Crippen molar-refractivity contribution in [3.63, 3.8) is 0 Å². The zero-order valence-corrected chi connectivity index (χ0v) is 14.9. The number of amides is 1. The normalized spacial score (nSPS) is 11.3. The minimum Gasteiger partial charge on any atom is -0.370 e. The van der Waals surface area contributed by atoms with Gasteiger partial charge in [-0.2, -0.15) is 0 Å². The van der Waals surface area contributed by atoms with E-state index in [0.29, 0.717) is 25.5 Å². The van der Waals surface area contributed by atoms with Crippen LogP contribution in [-0.4, -0.2) is 25.0 Å². The summed E-state index contributed by atoms with van der Waals surface area (Å²) in [6.07, 6.45) is 7.85. The molecule has 0 saturated heterocycles. The molecule has 0 spiro atoms. The fraction of sp³-hybridized carbons (Fsp3) is 0.579. The van der Waals surface area contributed by atoms with E-state index in [1.54, 1.807) is 0 Å². The molecule has 0 fully saturated rings. The highest BCUT2D eigenvalue weighted by Gasteiger charge is 2.01. The van der Waals surface area contributed by atoms with Gasteiger partial charge in [0.15, 0.2) is 5.96 Å². The van der Waals surface area contributed by atoms with Crippen molar-refractivity contribution in [2.75, 3.05) is 13.1 Å². The number of guanidine groups is 1. The second-order valence-electron chi connectivity index (χ2n) is 5.97. The van der Waals surface area contributed by atoms with Crippen LogP contribution in [0, 0.1) is 0 Å². The lowest BCUT2D eigenvalue weighted by molar-refractivity contribution is -0.121. The number of unbranched alkanes of at least 4 members (excludes halogenated alkanes) is 5. The van der Waals surface area contributed by atoms with Crippen LogP contribution in [0.2, 0.25) is 0 Å². The van der Waals surface area contributed by atoms with Crippen molar-refractivity contribution in [1.29, 1.82) is 0 Å². The summed E-state index contributed by atoms with van der Waals surface area (Å²) in [7, 11) is 0. The fourth-order valence-corrected chi connectivity index (χ4v) is 2.34. The maximum absolute atomic E-state index is 11.8. The molecule has 0 aliphatic carbocycles. The Kier molecular flexibility index (Phi) is 11.2. The second kappa shape index (κ2) is 13.4. The quantitative estimate of drug-likeness (QED) is 0.313. The van der Waals surface area contributed by atoms with E-state index in [9.17, 15) is 4.79 Å². The largest absolute Gasteiger partial charge is 0.370 e. The van der Waals surface area contributed by atoms with Gasteiger partial charge in [-0.1, -0.05) is 69.4 Å². The van der Waals surface area contributed by atoms with Gasteiger partial charge in [-0.05, 0) is 12.0 Å². The molecule has 1 aromatic rings. The number of carbonyl (C=O) groups is 1. The van der Waals surface area contributed by atoms with Crippen LogP contribution in [0.1, 0.15) is 57.4 Å². The third kappa shape index (κ3) is 10.6. The minimum absolute atomic E-state index is 0.00933. The summed E-state index contributed by atoms with van der Waals surface area (Å²) in [6.45, 7) is 4.04. The van der Waals surface area contributed by atoms with Gasteiger partial charge in [-0.25, -0.2) is 0 Å². The number of hydrogen-bond acceptors (Lipinski definition) is 2. The topological polar surface area (TPSA) is 79.5 Å². The van der Waals surface area contributed by atoms with E-state index < -0.39 is 0 Å². The molecule has 24 heavy (non-hydrogen) atoms. The molecule has 5 heteroatoms. The summed E-state index contributed by atoms with van der Waals surface area (Å²) >= 11 is 0. The standard InChI is InChI=1S/C19H32N4O/c1-2-3-4-5-6-10-14-21-19(20)22-15-13-18(24)23-16-17-11-8-7-9-12-17/h7-9,11-12H,2-6,10,13-16H2,1H3,(H,23,24)(H3,20,21,22). The van der Waals surface area contributed by atoms with Gasteiger partial charge in [-0.3, -0.25) is 9.79 Å². The maximum Gasteiger partial charge on any atom is 0.222 e. The van der Waals surface area contributed by atoms with Gasteiger partial charge in [-0.15, -0.1) is 0 Å². The molecule has 134 valence electrons. The van der Waals surface area contributed by atoms with Crippen molar-refractivity contribution in [3.8, 4) is 0 Å². The van der Waals surface area contributed by atoms with Gasteiger partial charge >= 0.3 is 0 Å². The van der Waals surface area contributed by atoms with E-state index in [4.69, 9.17) is 5.73 Å². The lowest BCUT2D eigenvalue weighted by atomic mass is 10.1. The predicted molar refractivity (Wildman–Crippen MR) is 101 cm³/mol. The maximum atomic E-state index is 11.8. The van der Waals surface area contributed by atoms with Gasteiger partial charge in [0.1, 0.15) is 0 Å².